The quantitative estimate of drug-likeness (QED) is 0.926. The second-order valence-electron chi connectivity index (χ2n) is 6.16. The van der Waals surface area contributed by atoms with E-state index < -0.39 is 11.9 Å². The molecule has 1 aromatic carbocycles. The lowest BCUT2D eigenvalue weighted by Gasteiger charge is -2.34. The first-order valence-electron chi connectivity index (χ1n) is 7.52. The molecule has 21 heavy (non-hydrogen) atoms. The SMILES string of the molecule is Cc1ccc(CCC(=O)N2CC(C)CC(C(=O)O)C2)cc1. The Kier molecular flexibility index (Phi) is 4.99. The number of hydrogen-bond donors (Lipinski definition) is 1. The molecular weight excluding hydrogens is 266 g/mol. The van der Waals surface area contributed by atoms with E-state index in [1.54, 1.807) is 4.90 Å². The van der Waals surface area contributed by atoms with Crippen LogP contribution in [-0.4, -0.2) is 35.0 Å². The third-order valence-electron chi connectivity index (χ3n) is 4.11. The van der Waals surface area contributed by atoms with Gasteiger partial charge in [0.2, 0.25) is 5.91 Å². The fraction of sp³-hybridized carbons (Fsp3) is 0.529. The lowest BCUT2D eigenvalue weighted by molar-refractivity contribution is -0.146. The monoisotopic (exact) mass is 289 g/mol. The number of likely N-dealkylation sites (tertiary alicyclic amines) is 1. The number of piperidine rings is 1. The molecule has 1 aromatic rings. The summed E-state index contributed by atoms with van der Waals surface area (Å²) in [6.45, 7) is 5.08. The first-order chi connectivity index (χ1) is 9.95. The highest BCUT2D eigenvalue weighted by molar-refractivity contribution is 5.78. The van der Waals surface area contributed by atoms with Crippen LogP contribution in [0.25, 0.3) is 0 Å². The van der Waals surface area contributed by atoms with Gasteiger partial charge in [-0.2, -0.15) is 0 Å². The molecule has 1 fully saturated rings. The number of nitrogens with zero attached hydrogens (tertiary/aromatic N) is 1. The lowest BCUT2D eigenvalue weighted by atomic mass is 9.90. The van der Waals surface area contributed by atoms with Crippen molar-refractivity contribution in [1.82, 2.24) is 4.90 Å². The Hall–Kier alpha value is -1.84. The Morgan fingerprint density at radius 1 is 1.24 bits per heavy atom. The fourth-order valence-corrected chi connectivity index (χ4v) is 2.90. The van der Waals surface area contributed by atoms with E-state index in [-0.39, 0.29) is 11.8 Å². The van der Waals surface area contributed by atoms with Gasteiger partial charge in [0, 0.05) is 19.5 Å². The zero-order valence-corrected chi connectivity index (χ0v) is 12.7. The number of carbonyl (C=O) groups is 2. The van der Waals surface area contributed by atoms with Crippen LogP contribution < -0.4 is 0 Å². The molecule has 0 aliphatic carbocycles. The van der Waals surface area contributed by atoms with E-state index in [1.165, 1.54) is 5.56 Å². The molecule has 0 radical (unpaired) electrons. The number of carbonyl (C=O) groups excluding carboxylic acids is 1. The molecule has 4 heteroatoms. The molecule has 1 amide bonds. The number of aliphatic carboxylic acids is 1. The number of hydrogen-bond acceptors (Lipinski definition) is 2. The Morgan fingerprint density at radius 3 is 2.52 bits per heavy atom. The highest BCUT2D eigenvalue weighted by Crippen LogP contribution is 2.22. The average Bonchev–Trinajstić information content (AvgIpc) is 2.45. The summed E-state index contributed by atoms with van der Waals surface area (Å²) in [6.07, 6.45) is 1.82. The van der Waals surface area contributed by atoms with Crippen molar-refractivity contribution in [3.05, 3.63) is 35.4 Å². The van der Waals surface area contributed by atoms with Crippen molar-refractivity contribution < 1.29 is 14.7 Å². The van der Waals surface area contributed by atoms with E-state index in [1.807, 2.05) is 38.1 Å². The smallest absolute Gasteiger partial charge is 0.308 e. The van der Waals surface area contributed by atoms with Gasteiger partial charge in [0.05, 0.1) is 5.92 Å². The number of rotatable bonds is 4. The van der Waals surface area contributed by atoms with E-state index in [9.17, 15) is 9.59 Å². The second-order valence-corrected chi connectivity index (χ2v) is 6.16. The number of amides is 1. The van der Waals surface area contributed by atoms with Gasteiger partial charge < -0.3 is 10.0 Å². The van der Waals surface area contributed by atoms with Crippen LogP contribution >= 0.6 is 0 Å². The van der Waals surface area contributed by atoms with Crippen molar-refractivity contribution >= 4 is 11.9 Å². The number of aryl methyl sites for hydroxylation is 2. The predicted molar refractivity (Wildman–Crippen MR) is 81.0 cm³/mol. The Morgan fingerprint density at radius 2 is 1.90 bits per heavy atom. The second kappa shape index (κ2) is 6.74. The van der Waals surface area contributed by atoms with Crippen LogP contribution in [0.5, 0.6) is 0 Å². The number of benzene rings is 1. The molecule has 0 bridgehead atoms. The summed E-state index contributed by atoms with van der Waals surface area (Å²) in [7, 11) is 0. The van der Waals surface area contributed by atoms with Gasteiger partial charge in [-0.05, 0) is 31.2 Å². The summed E-state index contributed by atoms with van der Waals surface area (Å²) in [4.78, 5) is 25.1. The molecule has 2 unspecified atom stereocenters. The minimum atomic E-state index is -0.794. The first-order valence-corrected chi connectivity index (χ1v) is 7.52. The van der Waals surface area contributed by atoms with E-state index in [0.717, 1.165) is 5.56 Å². The van der Waals surface area contributed by atoms with Gasteiger partial charge >= 0.3 is 5.97 Å². The third kappa shape index (κ3) is 4.31. The zero-order chi connectivity index (χ0) is 15.4. The molecule has 0 saturated carbocycles. The Bertz CT molecular complexity index is 509. The third-order valence-corrected chi connectivity index (χ3v) is 4.11. The first kappa shape index (κ1) is 15.5. The molecule has 1 heterocycles. The maximum absolute atomic E-state index is 12.3. The maximum atomic E-state index is 12.3. The molecule has 1 aliphatic rings. The molecule has 1 N–H and O–H groups in total. The van der Waals surface area contributed by atoms with Gasteiger partial charge in [0.25, 0.3) is 0 Å². The molecule has 1 saturated heterocycles. The van der Waals surface area contributed by atoms with E-state index >= 15 is 0 Å². The van der Waals surface area contributed by atoms with E-state index in [4.69, 9.17) is 5.11 Å². The minimum Gasteiger partial charge on any atom is -0.481 e. The van der Waals surface area contributed by atoms with Crippen LogP contribution in [0.4, 0.5) is 0 Å². The molecule has 2 atom stereocenters. The van der Waals surface area contributed by atoms with Crippen LogP contribution in [0, 0.1) is 18.8 Å². The predicted octanol–water partition coefficient (Wildman–Crippen LogP) is 2.50. The lowest BCUT2D eigenvalue weighted by Crippen LogP contribution is -2.45. The summed E-state index contributed by atoms with van der Waals surface area (Å²) < 4.78 is 0. The zero-order valence-electron chi connectivity index (χ0n) is 12.7. The molecule has 2 rings (SSSR count). The summed E-state index contributed by atoms with van der Waals surface area (Å²) in [5, 5.41) is 9.15. The molecule has 1 aliphatic heterocycles. The average molecular weight is 289 g/mol. The Labute approximate surface area is 125 Å². The summed E-state index contributed by atoms with van der Waals surface area (Å²) in [5.41, 5.74) is 2.35. The van der Waals surface area contributed by atoms with E-state index in [2.05, 4.69) is 0 Å². The van der Waals surface area contributed by atoms with Gasteiger partial charge in [-0.15, -0.1) is 0 Å². The summed E-state index contributed by atoms with van der Waals surface area (Å²) in [5.74, 6) is -0.897. The van der Waals surface area contributed by atoms with Gasteiger partial charge in [-0.3, -0.25) is 9.59 Å². The van der Waals surface area contributed by atoms with Gasteiger partial charge in [-0.25, -0.2) is 0 Å². The van der Waals surface area contributed by atoms with Crippen molar-refractivity contribution in [3.8, 4) is 0 Å². The summed E-state index contributed by atoms with van der Waals surface area (Å²) >= 11 is 0. The minimum absolute atomic E-state index is 0.0633. The van der Waals surface area contributed by atoms with Crippen LogP contribution in [0.15, 0.2) is 24.3 Å². The van der Waals surface area contributed by atoms with E-state index in [0.29, 0.717) is 32.4 Å². The molecule has 114 valence electrons. The normalized spacial score (nSPS) is 22.1. The highest BCUT2D eigenvalue weighted by atomic mass is 16.4. The number of carboxylic acid groups (broad SMARTS) is 1. The van der Waals surface area contributed by atoms with Crippen molar-refractivity contribution in [2.75, 3.05) is 13.1 Å². The van der Waals surface area contributed by atoms with Crippen LogP contribution in [0.3, 0.4) is 0 Å². The molecule has 4 nitrogen and oxygen atoms in total. The molecule has 0 spiro atoms. The van der Waals surface area contributed by atoms with Crippen LogP contribution in [0.2, 0.25) is 0 Å². The van der Waals surface area contributed by atoms with Crippen molar-refractivity contribution in [2.45, 2.75) is 33.1 Å². The van der Waals surface area contributed by atoms with Crippen LogP contribution in [-0.2, 0) is 16.0 Å². The van der Waals surface area contributed by atoms with Crippen molar-refractivity contribution in [1.29, 1.82) is 0 Å². The summed E-state index contributed by atoms with van der Waals surface area (Å²) in [6, 6.07) is 8.18. The topological polar surface area (TPSA) is 57.6 Å². The van der Waals surface area contributed by atoms with Crippen molar-refractivity contribution in [2.24, 2.45) is 11.8 Å². The maximum Gasteiger partial charge on any atom is 0.308 e. The Balaban J connectivity index is 1.90. The van der Waals surface area contributed by atoms with Gasteiger partial charge in [-0.1, -0.05) is 36.8 Å². The van der Waals surface area contributed by atoms with Crippen LogP contribution in [0.1, 0.15) is 30.9 Å². The van der Waals surface area contributed by atoms with Gasteiger partial charge in [0.1, 0.15) is 0 Å². The van der Waals surface area contributed by atoms with Crippen molar-refractivity contribution in [3.63, 3.8) is 0 Å². The molecule has 0 aromatic heterocycles. The molecular formula is C17H23NO3. The van der Waals surface area contributed by atoms with Gasteiger partial charge in [0.15, 0.2) is 0 Å². The largest absolute Gasteiger partial charge is 0.481 e. The highest BCUT2D eigenvalue weighted by Gasteiger charge is 2.31. The standard InChI is InChI=1S/C17H23NO3/c1-12-3-5-14(6-4-12)7-8-16(19)18-10-13(2)9-15(11-18)17(20)21/h3-6,13,15H,7-11H2,1-2H3,(H,20,21). The number of carboxylic acids is 1. The fourth-order valence-electron chi connectivity index (χ4n) is 2.90.